The van der Waals surface area contributed by atoms with Gasteiger partial charge in [-0.25, -0.2) is 0 Å². The number of aliphatic hydroxyl groups excluding tert-OH is 1. The third-order valence-electron chi connectivity index (χ3n) is 2.53. The van der Waals surface area contributed by atoms with Crippen LogP contribution in [0.3, 0.4) is 0 Å². The molecule has 0 aliphatic heterocycles. The monoisotopic (exact) mass is 269 g/mol. The van der Waals surface area contributed by atoms with Crippen molar-refractivity contribution in [3.05, 3.63) is 33.9 Å². The molecule has 0 spiro atoms. The van der Waals surface area contributed by atoms with E-state index >= 15 is 0 Å². The Morgan fingerprint density at radius 2 is 2.11 bits per heavy atom. The lowest BCUT2D eigenvalue weighted by atomic mass is 10.2. The molecule has 0 radical (unpaired) electrons. The fraction of sp³-hybridized carbons (Fsp3) is 0.538. The van der Waals surface area contributed by atoms with Crippen molar-refractivity contribution in [2.45, 2.75) is 26.4 Å². The van der Waals surface area contributed by atoms with Crippen molar-refractivity contribution in [2.24, 2.45) is 0 Å². The largest absolute Gasteiger partial charge is 0.484 e. The summed E-state index contributed by atoms with van der Waals surface area (Å²) in [7, 11) is 0. The number of nitrogens with zero attached hydrogens (tertiary/aromatic N) is 1. The van der Waals surface area contributed by atoms with E-state index < -0.39 is 4.92 Å². The summed E-state index contributed by atoms with van der Waals surface area (Å²) in [6.45, 7) is 3.20. The van der Waals surface area contributed by atoms with Gasteiger partial charge in [-0.2, -0.15) is 0 Å². The Morgan fingerprint density at radius 3 is 2.74 bits per heavy atom. The Bertz CT molecular complexity index is 408. The summed E-state index contributed by atoms with van der Waals surface area (Å²) in [5.41, 5.74) is 0.471. The van der Waals surface area contributed by atoms with Gasteiger partial charge in [-0.1, -0.05) is 13.3 Å². The molecule has 106 valence electrons. The zero-order chi connectivity index (χ0) is 14.1. The quantitative estimate of drug-likeness (QED) is 0.422. The van der Waals surface area contributed by atoms with Crippen molar-refractivity contribution in [3.63, 3.8) is 0 Å². The van der Waals surface area contributed by atoms with E-state index in [2.05, 4.69) is 6.92 Å². The lowest BCUT2D eigenvalue weighted by Crippen LogP contribution is -2.08. The molecule has 0 bridgehead atoms. The number of hydrogen-bond donors (Lipinski definition) is 1. The summed E-state index contributed by atoms with van der Waals surface area (Å²) in [5.74, 6) is 0.163. The molecule has 0 aromatic heterocycles. The molecular weight excluding hydrogens is 250 g/mol. The number of nitro benzene ring substituents is 1. The Labute approximate surface area is 112 Å². The maximum Gasteiger partial charge on any atom is 0.310 e. The molecule has 0 atom stereocenters. The SMILES string of the molecule is CCCCOCCOc1cc(CO)ccc1[N+](=O)[O-]. The summed E-state index contributed by atoms with van der Waals surface area (Å²) in [5, 5.41) is 19.8. The molecular formula is C13H19NO5. The molecule has 19 heavy (non-hydrogen) atoms. The van der Waals surface area contributed by atoms with Gasteiger partial charge in [0.05, 0.1) is 18.1 Å². The van der Waals surface area contributed by atoms with Gasteiger partial charge in [-0.3, -0.25) is 10.1 Å². The fourth-order valence-corrected chi connectivity index (χ4v) is 1.48. The highest BCUT2D eigenvalue weighted by atomic mass is 16.6. The van der Waals surface area contributed by atoms with E-state index in [1.165, 1.54) is 18.2 Å². The van der Waals surface area contributed by atoms with E-state index in [-0.39, 0.29) is 24.7 Å². The Balaban J connectivity index is 2.52. The zero-order valence-corrected chi connectivity index (χ0v) is 11.0. The third kappa shape index (κ3) is 5.23. The smallest absolute Gasteiger partial charge is 0.310 e. The molecule has 0 aliphatic carbocycles. The van der Waals surface area contributed by atoms with Crippen LogP contribution in [0.5, 0.6) is 5.75 Å². The van der Waals surface area contributed by atoms with Crippen LogP contribution in [0.25, 0.3) is 0 Å². The van der Waals surface area contributed by atoms with E-state index in [9.17, 15) is 10.1 Å². The molecule has 1 rings (SSSR count). The molecule has 1 aromatic rings. The predicted octanol–water partition coefficient (Wildman–Crippen LogP) is 2.28. The number of benzene rings is 1. The topological polar surface area (TPSA) is 81.8 Å². The first-order valence-electron chi connectivity index (χ1n) is 6.27. The maximum atomic E-state index is 10.8. The highest BCUT2D eigenvalue weighted by Crippen LogP contribution is 2.27. The fourth-order valence-electron chi connectivity index (χ4n) is 1.48. The van der Waals surface area contributed by atoms with Crippen LogP contribution >= 0.6 is 0 Å². The minimum atomic E-state index is -0.506. The van der Waals surface area contributed by atoms with Gasteiger partial charge in [-0.15, -0.1) is 0 Å². The van der Waals surface area contributed by atoms with Crippen molar-refractivity contribution in [1.29, 1.82) is 0 Å². The van der Waals surface area contributed by atoms with Crippen LogP contribution in [0, 0.1) is 10.1 Å². The molecule has 0 saturated heterocycles. The standard InChI is InChI=1S/C13H19NO5/c1-2-3-6-18-7-8-19-13-9-11(10-15)4-5-12(13)14(16)17/h4-5,9,15H,2-3,6-8,10H2,1H3. The Kier molecular flexibility index (Phi) is 6.84. The average molecular weight is 269 g/mol. The van der Waals surface area contributed by atoms with Gasteiger partial charge in [0, 0.05) is 12.7 Å². The summed E-state index contributed by atoms with van der Waals surface area (Å²) in [6, 6.07) is 4.31. The molecule has 0 amide bonds. The zero-order valence-electron chi connectivity index (χ0n) is 11.0. The first-order valence-corrected chi connectivity index (χ1v) is 6.27. The van der Waals surface area contributed by atoms with Crippen LogP contribution in [0.15, 0.2) is 18.2 Å². The minimum Gasteiger partial charge on any atom is -0.484 e. The van der Waals surface area contributed by atoms with Crippen LogP contribution in [0.1, 0.15) is 25.3 Å². The number of ether oxygens (including phenoxy) is 2. The lowest BCUT2D eigenvalue weighted by Gasteiger charge is -2.08. The van der Waals surface area contributed by atoms with E-state index in [0.29, 0.717) is 18.8 Å². The van der Waals surface area contributed by atoms with Crippen molar-refractivity contribution in [2.75, 3.05) is 19.8 Å². The van der Waals surface area contributed by atoms with Crippen LogP contribution in [-0.4, -0.2) is 29.9 Å². The highest BCUT2D eigenvalue weighted by Gasteiger charge is 2.15. The molecule has 0 fully saturated rings. The number of hydrogen-bond acceptors (Lipinski definition) is 5. The number of nitro groups is 1. The summed E-state index contributed by atoms with van der Waals surface area (Å²) in [4.78, 5) is 10.3. The van der Waals surface area contributed by atoms with Gasteiger partial charge >= 0.3 is 5.69 Å². The van der Waals surface area contributed by atoms with E-state index in [4.69, 9.17) is 14.6 Å². The first kappa shape index (κ1) is 15.4. The Hall–Kier alpha value is -1.66. The molecule has 1 N–H and O–H groups in total. The third-order valence-corrected chi connectivity index (χ3v) is 2.53. The van der Waals surface area contributed by atoms with Gasteiger partial charge in [0.25, 0.3) is 0 Å². The summed E-state index contributed by atoms with van der Waals surface area (Å²) < 4.78 is 10.7. The summed E-state index contributed by atoms with van der Waals surface area (Å²) >= 11 is 0. The molecule has 0 saturated carbocycles. The summed E-state index contributed by atoms with van der Waals surface area (Å²) in [6.07, 6.45) is 2.05. The second kappa shape index (κ2) is 8.44. The predicted molar refractivity (Wildman–Crippen MR) is 70.2 cm³/mol. The van der Waals surface area contributed by atoms with Gasteiger partial charge < -0.3 is 14.6 Å². The molecule has 1 aromatic carbocycles. The van der Waals surface area contributed by atoms with E-state index in [1.54, 1.807) is 0 Å². The van der Waals surface area contributed by atoms with Crippen molar-refractivity contribution < 1.29 is 19.5 Å². The number of unbranched alkanes of at least 4 members (excludes halogenated alkanes) is 1. The lowest BCUT2D eigenvalue weighted by molar-refractivity contribution is -0.385. The number of rotatable bonds is 9. The first-order chi connectivity index (χ1) is 9.19. The van der Waals surface area contributed by atoms with Gasteiger partial charge in [0.15, 0.2) is 5.75 Å². The second-order valence-corrected chi connectivity index (χ2v) is 4.03. The minimum absolute atomic E-state index is 0.106. The van der Waals surface area contributed by atoms with Crippen LogP contribution in [0.2, 0.25) is 0 Å². The molecule has 0 heterocycles. The normalized spacial score (nSPS) is 10.4. The maximum absolute atomic E-state index is 10.8. The van der Waals surface area contributed by atoms with Gasteiger partial charge in [0.1, 0.15) is 6.61 Å². The molecule has 6 heteroatoms. The highest BCUT2D eigenvalue weighted by molar-refractivity contribution is 5.48. The van der Waals surface area contributed by atoms with Crippen molar-refractivity contribution >= 4 is 5.69 Å². The van der Waals surface area contributed by atoms with Crippen LogP contribution in [-0.2, 0) is 11.3 Å². The van der Waals surface area contributed by atoms with Gasteiger partial charge in [-0.05, 0) is 24.1 Å². The molecule has 0 aliphatic rings. The molecule has 6 nitrogen and oxygen atoms in total. The van der Waals surface area contributed by atoms with Crippen molar-refractivity contribution in [1.82, 2.24) is 0 Å². The average Bonchev–Trinajstić information content (AvgIpc) is 2.42. The molecule has 0 unspecified atom stereocenters. The number of aliphatic hydroxyl groups is 1. The van der Waals surface area contributed by atoms with E-state index in [1.807, 2.05) is 0 Å². The second-order valence-electron chi connectivity index (χ2n) is 4.03. The van der Waals surface area contributed by atoms with Crippen LogP contribution < -0.4 is 4.74 Å². The van der Waals surface area contributed by atoms with Crippen LogP contribution in [0.4, 0.5) is 5.69 Å². The van der Waals surface area contributed by atoms with Gasteiger partial charge in [0.2, 0.25) is 0 Å². The Morgan fingerprint density at radius 1 is 1.32 bits per heavy atom. The van der Waals surface area contributed by atoms with Crippen molar-refractivity contribution in [3.8, 4) is 5.75 Å². The van der Waals surface area contributed by atoms with E-state index in [0.717, 1.165) is 12.8 Å².